The lowest BCUT2D eigenvalue weighted by Crippen LogP contribution is -2.31. The molecule has 1 aliphatic rings. The molecule has 0 radical (unpaired) electrons. The third-order valence-corrected chi connectivity index (χ3v) is 6.50. The van der Waals surface area contributed by atoms with E-state index >= 15 is 0 Å². The molecule has 0 fully saturated rings. The number of allylic oxidation sites excluding steroid dienone is 1. The number of rotatable bonds is 8. The van der Waals surface area contributed by atoms with Crippen molar-refractivity contribution in [3.8, 4) is 17.2 Å². The van der Waals surface area contributed by atoms with Crippen LogP contribution in [0.3, 0.4) is 0 Å². The maximum atomic E-state index is 13.7. The summed E-state index contributed by atoms with van der Waals surface area (Å²) in [6, 6.07) is 20.3. The predicted molar refractivity (Wildman–Crippen MR) is 145 cm³/mol. The van der Waals surface area contributed by atoms with Crippen LogP contribution in [0, 0.1) is 0 Å². The van der Waals surface area contributed by atoms with Crippen molar-refractivity contribution in [2.75, 3.05) is 24.9 Å². The molecule has 0 spiro atoms. The first-order chi connectivity index (χ1) is 18.5. The summed E-state index contributed by atoms with van der Waals surface area (Å²) in [6.45, 7) is 2.29. The Balaban J connectivity index is 1.44. The summed E-state index contributed by atoms with van der Waals surface area (Å²) in [6.07, 6.45) is 1.45. The lowest BCUT2D eigenvalue weighted by molar-refractivity contribution is -0.113. The van der Waals surface area contributed by atoms with E-state index in [9.17, 15) is 4.79 Å². The molecule has 5 rings (SSSR count). The number of methoxy groups -OCH3 is 2. The number of fused-ring (bicyclic) bond motifs is 1. The number of anilines is 2. The number of carbonyl (C=O) groups is 1. The number of nitrogens with one attached hydrogen (secondary N) is 2. The average molecular weight is 532 g/mol. The van der Waals surface area contributed by atoms with Gasteiger partial charge in [0.1, 0.15) is 36.2 Å². The van der Waals surface area contributed by atoms with Gasteiger partial charge in [0.25, 0.3) is 5.91 Å². The molecule has 1 amide bonds. The van der Waals surface area contributed by atoms with Crippen molar-refractivity contribution in [2.45, 2.75) is 19.6 Å². The molecule has 3 aromatic carbocycles. The largest absolute Gasteiger partial charge is 0.495 e. The molecule has 4 aromatic rings. The van der Waals surface area contributed by atoms with Crippen LogP contribution in [-0.4, -0.2) is 34.9 Å². The normalized spacial score (nSPS) is 14.4. The quantitative estimate of drug-likeness (QED) is 0.311. The molecule has 1 atom stereocenters. The van der Waals surface area contributed by atoms with Crippen LogP contribution in [0.4, 0.5) is 11.6 Å². The number of carbonyl (C=O) groups excluding carboxylic acids is 1. The van der Waals surface area contributed by atoms with E-state index in [1.165, 1.54) is 20.5 Å². The fourth-order valence-electron chi connectivity index (χ4n) is 4.33. The molecule has 10 heteroatoms. The van der Waals surface area contributed by atoms with Crippen molar-refractivity contribution in [3.05, 3.63) is 100 Å². The zero-order valence-electron chi connectivity index (χ0n) is 21.1. The summed E-state index contributed by atoms with van der Waals surface area (Å²) < 4.78 is 18.4. The molecule has 0 aliphatic carbocycles. The summed E-state index contributed by atoms with van der Waals surface area (Å²) in [4.78, 5) is 18.0. The smallest absolute Gasteiger partial charge is 0.255 e. The van der Waals surface area contributed by atoms with Gasteiger partial charge in [-0.15, -0.1) is 0 Å². The molecule has 194 valence electrons. The second-order valence-corrected chi connectivity index (χ2v) is 8.99. The molecule has 1 aromatic heterocycles. The van der Waals surface area contributed by atoms with E-state index in [2.05, 4.69) is 20.7 Å². The number of halogens is 1. The molecule has 38 heavy (non-hydrogen) atoms. The lowest BCUT2D eigenvalue weighted by Gasteiger charge is -2.29. The first-order valence-corrected chi connectivity index (χ1v) is 12.2. The third kappa shape index (κ3) is 5.01. The van der Waals surface area contributed by atoms with Crippen LogP contribution in [0.25, 0.3) is 0 Å². The fraction of sp³-hybridized carbons (Fsp3) is 0.179. The molecule has 0 saturated heterocycles. The average Bonchev–Trinajstić information content (AvgIpc) is 3.40. The molecule has 0 saturated carbocycles. The van der Waals surface area contributed by atoms with E-state index in [0.717, 1.165) is 16.9 Å². The van der Waals surface area contributed by atoms with Crippen LogP contribution in [0.2, 0.25) is 5.02 Å². The molecular formula is C28H26ClN5O4. The van der Waals surface area contributed by atoms with Gasteiger partial charge in [-0.1, -0.05) is 54.1 Å². The number of ether oxygens (including phenoxy) is 3. The Hall–Kier alpha value is -4.50. The van der Waals surface area contributed by atoms with Gasteiger partial charge >= 0.3 is 0 Å². The van der Waals surface area contributed by atoms with Crippen molar-refractivity contribution in [3.63, 3.8) is 0 Å². The fourth-order valence-corrected chi connectivity index (χ4v) is 4.56. The zero-order chi connectivity index (χ0) is 26.6. The minimum Gasteiger partial charge on any atom is -0.495 e. The minimum absolute atomic E-state index is 0.340. The Labute approximate surface area is 225 Å². The van der Waals surface area contributed by atoms with Gasteiger partial charge in [-0.25, -0.2) is 4.68 Å². The Kier molecular flexibility index (Phi) is 7.19. The predicted octanol–water partition coefficient (Wildman–Crippen LogP) is 5.46. The Morgan fingerprint density at radius 3 is 2.50 bits per heavy atom. The van der Waals surface area contributed by atoms with Gasteiger partial charge in [-0.3, -0.25) is 4.79 Å². The molecule has 0 unspecified atom stereocenters. The van der Waals surface area contributed by atoms with Crippen molar-refractivity contribution in [1.82, 2.24) is 14.8 Å². The van der Waals surface area contributed by atoms with Crippen LogP contribution < -0.4 is 24.8 Å². The molecule has 1 aliphatic heterocycles. The molecular weight excluding hydrogens is 506 g/mol. The zero-order valence-corrected chi connectivity index (χ0v) is 21.8. The van der Waals surface area contributed by atoms with Crippen LogP contribution in [0.1, 0.15) is 24.1 Å². The van der Waals surface area contributed by atoms with Crippen LogP contribution in [0.15, 0.2) is 84.3 Å². The summed E-state index contributed by atoms with van der Waals surface area (Å²) in [7, 11) is 3.01. The van der Waals surface area contributed by atoms with E-state index in [0.29, 0.717) is 46.0 Å². The standard InChI is InChI=1S/C28H26ClN5O4/c1-17-25(27(35)33-22-14-23(36-2)21(29)13-24(22)37-3)26(34-28(32-17)30-16-31-34)19-9-11-20(12-10-19)38-15-18-7-5-4-6-8-18/h4-14,16,26H,15H2,1-3H3,(H,33,35)(H,30,31,32)/t26-/m0/s1. The second-order valence-electron chi connectivity index (χ2n) is 8.58. The highest BCUT2D eigenvalue weighted by molar-refractivity contribution is 6.32. The van der Waals surface area contributed by atoms with E-state index < -0.39 is 6.04 Å². The monoisotopic (exact) mass is 531 g/mol. The van der Waals surface area contributed by atoms with Gasteiger partial charge in [0, 0.05) is 17.8 Å². The number of hydrogen-bond donors (Lipinski definition) is 2. The topological polar surface area (TPSA) is 99.5 Å². The Morgan fingerprint density at radius 2 is 1.79 bits per heavy atom. The van der Waals surface area contributed by atoms with Gasteiger partial charge in [-0.2, -0.15) is 10.1 Å². The number of benzene rings is 3. The first kappa shape index (κ1) is 25.2. The molecule has 9 nitrogen and oxygen atoms in total. The number of nitrogens with zero attached hydrogens (tertiary/aromatic N) is 3. The molecule has 2 N–H and O–H groups in total. The van der Waals surface area contributed by atoms with Crippen molar-refractivity contribution < 1.29 is 19.0 Å². The van der Waals surface area contributed by atoms with E-state index in [4.69, 9.17) is 25.8 Å². The minimum atomic E-state index is -0.530. The van der Waals surface area contributed by atoms with E-state index in [1.807, 2.05) is 61.5 Å². The second kappa shape index (κ2) is 10.9. The van der Waals surface area contributed by atoms with Gasteiger partial charge in [0.05, 0.1) is 30.5 Å². The highest BCUT2D eigenvalue weighted by Crippen LogP contribution is 2.39. The number of hydrogen-bond acceptors (Lipinski definition) is 7. The summed E-state index contributed by atoms with van der Waals surface area (Å²) >= 11 is 6.24. The number of aromatic nitrogens is 3. The SMILES string of the molecule is COc1cc(NC(=O)C2=C(C)Nc3ncnn3[C@H]2c2ccc(OCc3ccccc3)cc2)c(OC)cc1Cl. The summed E-state index contributed by atoms with van der Waals surface area (Å²) in [5, 5.41) is 10.9. The highest BCUT2D eigenvalue weighted by atomic mass is 35.5. The Morgan fingerprint density at radius 1 is 1.05 bits per heavy atom. The van der Waals surface area contributed by atoms with Crippen LogP contribution >= 0.6 is 11.6 Å². The van der Waals surface area contributed by atoms with Gasteiger partial charge in [0.15, 0.2) is 0 Å². The van der Waals surface area contributed by atoms with Crippen LogP contribution in [-0.2, 0) is 11.4 Å². The molecule has 2 heterocycles. The van der Waals surface area contributed by atoms with Crippen molar-refractivity contribution >= 4 is 29.1 Å². The van der Waals surface area contributed by atoms with Gasteiger partial charge < -0.3 is 24.8 Å². The highest BCUT2D eigenvalue weighted by Gasteiger charge is 2.34. The molecule has 0 bridgehead atoms. The first-order valence-electron chi connectivity index (χ1n) is 11.9. The van der Waals surface area contributed by atoms with Crippen molar-refractivity contribution in [2.24, 2.45) is 0 Å². The number of amides is 1. The van der Waals surface area contributed by atoms with Crippen molar-refractivity contribution in [1.29, 1.82) is 0 Å². The van der Waals surface area contributed by atoms with Crippen LogP contribution in [0.5, 0.6) is 17.2 Å². The summed E-state index contributed by atoms with van der Waals surface area (Å²) in [5.41, 5.74) is 3.46. The Bertz CT molecular complexity index is 1490. The maximum absolute atomic E-state index is 13.7. The van der Waals surface area contributed by atoms with E-state index in [-0.39, 0.29) is 5.91 Å². The summed E-state index contributed by atoms with van der Waals surface area (Å²) in [5.74, 6) is 1.74. The lowest BCUT2D eigenvalue weighted by atomic mass is 9.95. The van der Waals surface area contributed by atoms with Gasteiger partial charge in [0.2, 0.25) is 5.95 Å². The third-order valence-electron chi connectivity index (χ3n) is 6.21. The van der Waals surface area contributed by atoms with Gasteiger partial charge in [-0.05, 0) is 30.2 Å². The van der Waals surface area contributed by atoms with E-state index in [1.54, 1.807) is 16.8 Å². The maximum Gasteiger partial charge on any atom is 0.255 e.